The number of hydrazine groups is 1. The van der Waals surface area contributed by atoms with Crippen LogP contribution in [0.25, 0.3) is 0 Å². The normalized spacial score (nSPS) is 12.1. The van der Waals surface area contributed by atoms with Crippen LogP contribution in [-0.2, 0) is 9.47 Å². The minimum absolute atomic E-state index is 0.0173. The molecular weight excluding hydrogens is 326 g/mol. The molecule has 5 heteroatoms. The van der Waals surface area contributed by atoms with E-state index in [-0.39, 0.29) is 6.10 Å². The number of nitrogens with one attached hydrogen (secondary N) is 3. The molecule has 0 fully saturated rings. The van der Waals surface area contributed by atoms with E-state index in [1.807, 2.05) is 7.05 Å². The van der Waals surface area contributed by atoms with Gasteiger partial charge in [0.05, 0.1) is 19.8 Å². The van der Waals surface area contributed by atoms with Gasteiger partial charge in [0.15, 0.2) is 0 Å². The maximum atomic E-state index is 6.08. The van der Waals surface area contributed by atoms with Crippen molar-refractivity contribution in [3.63, 3.8) is 0 Å². The highest BCUT2D eigenvalue weighted by Crippen LogP contribution is 2.25. The summed E-state index contributed by atoms with van der Waals surface area (Å²) in [5.41, 5.74) is 9.69. The summed E-state index contributed by atoms with van der Waals surface area (Å²) in [7, 11) is 1.85. The molecule has 0 aromatic heterocycles. The van der Waals surface area contributed by atoms with Gasteiger partial charge in [-0.25, -0.2) is 0 Å². The van der Waals surface area contributed by atoms with E-state index < -0.39 is 0 Å². The van der Waals surface area contributed by atoms with E-state index >= 15 is 0 Å². The fourth-order valence-electron chi connectivity index (χ4n) is 2.24. The molecular formula is C21H37N3O2. The summed E-state index contributed by atoms with van der Waals surface area (Å²) in [6, 6.07) is 6.38. The molecule has 0 aliphatic heterocycles. The summed E-state index contributed by atoms with van der Waals surface area (Å²) in [6.07, 6.45) is 5.59. The first-order chi connectivity index (χ1) is 12.5. The summed E-state index contributed by atoms with van der Waals surface area (Å²) < 4.78 is 11.6. The minimum Gasteiger partial charge on any atom is -0.378 e. The van der Waals surface area contributed by atoms with E-state index in [2.05, 4.69) is 68.9 Å². The molecule has 0 amide bonds. The topological polar surface area (TPSA) is 66.4 Å². The molecule has 1 aromatic carbocycles. The predicted molar refractivity (Wildman–Crippen MR) is 111 cm³/mol. The molecule has 3 N–H and O–H groups in total. The lowest BCUT2D eigenvalue weighted by atomic mass is 9.98. The highest BCUT2D eigenvalue weighted by Gasteiger charge is 2.12. The Morgan fingerprint density at radius 3 is 2.42 bits per heavy atom. The standard InChI is InChI=1S/C19H32N2O2.C2H5N/c1-15(2)9-10-19(18-8-6-7-16(3)17(18)4)23-14-13-22-12-11-21-20-5;1-2-3/h6-10,15,19-21H,11-14H2,1-5H3;2-3H,1H3/b10-9+;. The zero-order valence-corrected chi connectivity index (χ0v) is 17.3. The molecule has 0 saturated heterocycles. The first-order valence-electron chi connectivity index (χ1n) is 9.26. The number of rotatable bonds is 11. The maximum absolute atomic E-state index is 6.08. The molecule has 5 nitrogen and oxygen atoms in total. The molecule has 0 aliphatic rings. The fraction of sp³-hybridized carbons (Fsp3) is 0.571. The van der Waals surface area contributed by atoms with E-state index in [0.29, 0.717) is 25.7 Å². The zero-order valence-electron chi connectivity index (χ0n) is 17.3. The Balaban J connectivity index is 0.00000194. The lowest BCUT2D eigenvalue weighted by molar-refractivity contribution is 0.0227. The van der Waals surface area contributed by atoms with Gasteiger partial charge in [-0.2, -0.15) is 0 Å². The Hall–Kier alpha value is -1.53. The van der Waals surface area contributed by atoms with Crippen LogP contribution in [0.2, 0.25) is 0 Å². The van der Waals surface area contributed by atoms with Crippen LogP contribution >= 0.6 is 0 Å². The van der Waals surface area contributed by atoms with Crippen molar-refractivity contribution in [1.82, 2.24) is 10.9 Å². The number of ether oxygens (including phenoxy) is 2. The average molecular weight is 364 g/mol. The van der Waals surface area contributed by atoms with Crippen LogP contribution in [0.15, 0.2) is 30.4 Å². The molecule has 1 rings (SSSR count). The Morgan fingerprint density at radius 2 is 1.81 bits per heavy atom. The van der Waals surface area contributed by atoms with Crippen molar-refractivity contribution in [2.75, 3.05) is 33.4 Å². The highest BCUT2D eigenvalue weighted by molar-refractivity contribution is 5.48. The molecule has 0 aliphatic carbocycles. The smallest absolute Gasteiger partial charge is 0.101 e. The quantitative estimate of drug-likeness (QED) is 0.241. The van der Waals surface area contributed by atoms with E-state index in [1.54, 1.807) is 6.92 Å². The highest BCUT2D eigenvalue weighted by atomic mass is 16.5. The van der Waals surface area contributed by atoms with Gasteiger partial charge in [-0.15, -0.1) is 0 Å². The van der Waals surface area contributed by atoms with Gasteiger partial charge < -0.3 is 14.9 Å². The summed E-state index contributed by atoms with van der Waals surface area (Å²) in [4.78, 5) is 0. The lowest BCUT2D eigenvalue weighted by Gasteiger charge is -2.19. The minimum atomic E-state index is -0.0173. The summed E-state index contributed by atoms with van der Waals surface area (Å²) in [5.74, 6) is 0.509. The van der Waals surface area contributed by atoms with Crippen molar-refractivity contribution in [2.45, 2.75) is 40.7 Å². The number of hydrogen-bond acceptors (Lipinski definition) is 5. The third kappa shape index (κ3) is 11.2. The number of benzene rings is 1. The van der Waals surface area contributed by atoms with Gasteiger partial charge in [0.25, 0.3) is 0 Å². The van der Waals surface area contributed by atoms with Crippen LogP contribution in [0.3, 0.4) is 0 Å². The van der Waals surface area contributed by atoms with Crippen molar-refractivity contribution in [1.29, 1.82) is 5.41 Å². The molecule has 0 bridgehead atoms. The van der Waals surface area contributed by atoms with Crippen molar-refractivity contribution in [3.05, 3.63) is 47.0 Å². The molecule has 0 saturated carbocycles. The summed E-state index contributed by atoms with van der Waals surface area (Å²) >= 11 is 0. The summed E-state index contributed by atoms with van der Waals surface area (Å²) in [5, 5.41) is 6.08. The van der Waals surface area contributed by atoms with Crippen LogP contribution in [0.5, 0.6) is 0 Å². The lowest BCUT2D eigenvalue weighted by Crippen LogP contribution is -2.31. The third-order valence-electron chi connectivity index (χ3n) is 3.70. The van der Waals surface area contributed by atoms with E-state index in [0.717, 1.165) is 6.54 Å². The maximum Gasteiger partial charge on any atom is 0.101 e. The van der Waals surface area contributed by atoms with Crippen LogP contribution < -0.4 is 10.9 Å². The molecule has 1 unspecified atom stereocenters. The fourth-order valence-corrected chi connectivity index (χ4v) is 2.24. The zero-order chi connectivity index (χ0) is 19.8. The second-order valence-corrected chi connectivity index (χ2v) is 6.29. The molecule has 148 valence electrons. The van der Waals surface area contributed by atoms with Crippen LogP contribution in [0.1, 0.15) is 43.6 Å². The van der Waals surface area contributed by atoms with E-state index in [1.165, 1.54) is 22.9 Å². The van der Waals surface area contributed by atoms with Gasteiger partial charge in [-0.05, 0) is 56.6 Å². The van der Waals surface area contributed by atoms with Crippen molar-refractivity contribution in [2.24, 2.45) is 5.92 Å². The third-order valence-corrected chi connectivity index (χ3v) is 3.70. The van der Waals surface area contributed by atoms with Gasteiger partial charge in [0.2, 0.25) is 0 Å². The Labute approximate surface area is 159 Å². The van der Waals surface area contributed by atoms with Gasteiger partial charge in [-0.3, -0.25) is 10.9 Å². The van der Waals surface area contributed by atoms with Crippen LogP contribution in [0, 0.1) is 25.2 Å². The Kier molecular flexibility index (Phi) is 14.8. The average Bonchev–Trinajstić information content (AvgIpc) is 2.60. The molecule has 1 aromatic rings. The van der Waals surface area contributed by atoms with Gasteiger partial charge in [0, 0.05) is 6.54 Å². The second kappa shape index (κ2) is 15.7. The molecule has 1 atom stereocenters. The monoisotopic (exact) mass is 363 g/mol. The Morgan fingerprint density at radius 1 is 1.12 bits per heavy atom. The molecule has 0 heterocycles. The number of allylic oxidation sites excluding steroid dienone is 1. The summed E-state index contributed by atoms with van der Waals surface area (Å²) in [6.45, 7) is 12.9. The largest absolute Gasteiger partial charge is 0.378 e. The van der Waals surface area contributed by atoms with Crippen LogP contribution in [-0.4, -0.2) is 39.6 Å². The predicted octanol–water partition coefficient (Wildman–Crippen LogP) is 3.97. The number of aryl methyl sites for hydroxylation is 1. The van der Waals surface area contributed by atoms with Crippen molar-refractivity contribution < 1.29 is 9.47 Å². The number of hydrogen-bond donors (Lipinski definition) is 3. The Bertz CT molecular complexity index is 516. The first kappa shape index (κ1) is 24.5. The van der Waals surface area contributed by atoms with E-state index in [4.69, 9.17) is 14.9 Å². The van der Waals surface area contributed by atoms with Gasteiger partial charge in [0.1, 0.15) is 6.10 Å². The second-order valence-electron chi connectivity index (χ2n) is 6.29. The molecule has 26 heavy (non-hydrogen) atoms. The van der Waals surface area contributed by atoms with Gasteiger partial charge >= 0.3 is 0 Å². The molecule has 0 radical (unpaired) electrons. The molecule has 0 spiro atoms. The van der Waals surface area contributed by atoms with Crippen molar-refractivity contribution in [3.8, 4) is 0 Å². The van der Waals surface area contributed by atoms with Crippen molar-refractivity contribution >= 4 is 6.21 Å². The first-order valence-corrected chi connectivity index (χ1v) is 9.26. The van der Waals surface area contributed by atoms with E-state index in [9.17, 15) is 0 Å². The van der Waals surface area contributed by atoms with Gasteiger partial charge in [-0.1, -0.05) is 44.2 Å². The van der Waals surface area contributed by atoms with Crippen LogP contribution in [0.4, 0.5) is 0 Å². The SMILES string of the molecule is CC=N.CNNCCOCCOC(/C=C/C(C)C)c1cccc(C)c1C.